The van der Waals surface area contributed by atoms with Crippen molar-refractivity contribution in [2.45, 2.75) is 33.2 Å². The number of benzene rings is 1. The second-order valence-electron chi connectivity index (χ2n) is 5.59. The Morgan fingerprint density at radius 1 is 1.30 bits per heavy atom. The summed E-state index contributed by atoms with van der Waals surface area (Å²) in [6.45, 7) is 7.84. The van der Waals surface area contributed by atoms with Gasteiger partial charge in [0.25, 0.3) is 5.88 Å². The van der Waals surface area contributed by atoms with Crippen molar-refractivity contribution in [3.05, 3.63) is 51.0 Å². The summed E-state index contributed by atoms with van der Waals surface area (Å²) in [5.41, 5.74) is 0.489. The molecule has 106 valence electrons. The van der Waals surface area contributed by atoms with E-state index >= 15 is 0 Å². The van der Waals surface area contributed by atoms with Crippen molar-refractivity contribution in [1.29, 1.82) is 0 Å². The molecule has 0 unspecified atom stereocenters. The third kappa shape index (κ3) is 3.10. The van der Waals surface area contributed by atoms with Crippen LogP contribution in [0.2, 0.25) is 0 Å². The van der Waals surface area contributed by atoms with Gasteiger partial charge < -0.3 is 9.30 Å². The smallest absolute Gasteiger partial charge is 0.314 e. The fourth-order valence-corrected chi connectivity index (χ4v) is 2.03. The van der Waals surface area contributed by atoms with Crippen LogP contribution in [-0.4, -0.2) is 9.55 Å². The van der Waals surface area contributed by atoms with Crippen molar-refractivity contribution < 1.29 is 4.74 Å². The SMILES string of the molecule is Cc1cc(Oc2nccn(C(C)(C)C)c2=O)ccc1Br. The first-order valence-electron chi connectivity index (χ1n) is 6.31. The van der Waals surface area contributed by atoms with Crippen LogP contribution in [0.3, 0.4) is 0 Å². The van der Waals surface area contributed by atoms with E-state index in [0.29, 0.717) is 5.75 Å². The number of nitrogens with zero attached hydrogens (tertiary/aromatic N) is 2. The second kappa shape index (κ2) is 5.40. The van der Waals surface area contributed by atoms with Crippen LogP contribution in [0.1, 0.15) is 26.3 Å². The Balaban J connectivity index is 2.40. The molecule has 1 aromatic carbocycles. The lowest BCUT2D eigenvalue weighted by atomic mass is 10.1. The highest BCUT2D eigenvalue weighted by molar-refractivity contribution is 9.10. The molecule has 2 aromatic rings. The summed E-state index contributed by atoms with van der Waals surface area (Å²) >= 11 is 3.43. The van der Waals surface area contributed by atoms with E-state index in [1.807, 2.05) is 39.8 Å². The van der Waals surface area contributed by atoms with Gasteiger partial charge in [-0.2, -0.15) is 0 Å². The normalized spacial score (nSPS) is 11.4. The number of halogens is 1. The lowest BCUT2D eigenvalue weighted by Gasteiger charge is -2.22. The Hall–Kier alpha value is -1.62. The summed E-state index contributed by atoms with van der Waals surface area (Å²) in [6, 6.07) is 5.54. The molecule has 0 bridgehead atoms. The monoisotopic (exact) mass is 336 g/mol. The van der Waals surface area contributed by atoms with Crippen molar-refractivity contribution in [3.8, 4) is 11.6 Å². The third-order valence-electron chi connectivity index (χ3n) is 2.88. The van der Waals surface area contributed by atoms with E-state index in [0.717, 1.165) is 10.0 Å². The van der Waals surface area contributed by atoms with E-state index in [1.54, 1.807) is 23.0 Å². The maximum absolute atomic E-state index is 12.3. The first kappa shape index (κ1) is 14.8. The molecule has 0 aliphatic rings. The lowest BCUT2D eigenvalue weighted by molar-refractivity contribution is 0.363. The van der Waals surface area contributed by atoms with Gasteiger partial charge in [-0.1, -0.05) is 15.9 Å². The largest absolute Gasteiger partial charge is 0.435 e. The van der Waals surface area contributed by atoms with Gasteiger partial charge >= 0.3 is 5.56 Å². The Morgan fingerprint density at radius 2 is 2.00 bits per heavy atom. The fourth-order valence-electron chi connectivity index (χ4n) is 1.78. The molecule has 0 N–H and O–H groups in total. The molecule has 0 saturated heterocycles. The summed E-state index contributed by atoms with van der Waals surface area (Å²) in [7, 11) is 0. The van der Waals surface area contributed by atoms with Gasteiger partial charge in [-0.05, 0) is 51.5 Å². The number of aromatic nitrogens is 2. The molecule has 0 fully saturated rings. The molecular formula is C15H17BrN2O2. The molecule has 0 atom stereocenters. The Kier molecular flexibility index (Phi) is 3.99. The highest BCUT2D eigenvalue weighted by atomic mass is 79.9. The fraction of sp³-hybridized carbons (Fsp3) is 0.333. The van der Waals surface area contributed by atoms with Crippen LogP contribution in [0, 0.1) is 6.92 Å². The molecule has 4 nitrogen and oxygen atoms in total. The van der Waals surface area contributed by atoms with Crippen LogP contribution < -0.4 is 10.3 Å². The van der Waals surface area contributed by atoms with E-state index in [1.165, 1.54) is 0 Å². The Labute approximate surface area is 126 Å². The summed E-state index contributed by atoms with van der Waals surface area (Å²) in [5.74, 6) is 0.686. The van der Waals surface area contributed by atoms with Gasteiger partial charge in [-0.15, -0.1) is 0 Å². The highest BCUT2D eigenvalue weighted by Gasteiger charge is 2.17. The summed E-state index contributed by atoms with van der Waals surface area (Å²) in [6.07, 6.45) is 3.25. The molecule has 1 heterocycles. The molecule has 0 aliphatic heterocycles. The van der Waals surface area contributed by atoms with E-state index in [-0.39, 0.29) is 17.0 Å². The maximum Gasteiger partial charge on any atom is 0.314 e. The highest BCUT2D eigenvalue weighted by Crippen LogP contribution is 2.24. The molecule has 0 aliphatic carbocycles. The minimum absolute atomic E-state index is 0.0872. The van der Waals surface area contributed by atoms with Crippen molar-refractivity contribution >= 4 is 15.9 Å². The summed E-state index contributed by atoms with van der Waals surface area (Å²) in [5, 5.41) is 0. The molecule has 0 saturated carbocycles. The van der Waals surface area contributed by atoms with Gasteiger partial charge in [0.15, 0.2) is 0 Å². The minimum Gasteiger partial charge on any atom is -0.435 e. The average Bonchev–Trinajstić information content (AvgIpc) is 2.35. The van der Waals surface area contributed by atoms with E-state index in [9.17, 15) is 4.79 Å². The molecule has 20 heavy (non-hydrogen) atoms. The van der Waals surface area contributed by atoms with Gasteiger partial charge in [0.1, 0.15) is 5.75 Å². The molecule has 1 aromatic heterocycles. The standard InChI is InChI=1S/C15H17BrN2O2/c1-10-9-11(5-6-12(10)16)20-13-14(19)18(8-7-17-13)15(2,3)4/h5-9H,1-4H3. The third-order valence-corrected chi connectivity index (χ3v) is 3.77. The number of aryl methyl sites for hydroxylation is 1. The first-order chi connectivity index (χ1) is 9.29. The van der Waals surface area contributed by atoms with E-state index in [4.69, 9.17) is 4.74 Å². The Bertz CT molecular complexity index is 687. The van der Waals surface area contributed by atoms with Gasteiger partial charge in [0.2, 0.25) is 0 Å². The zero-order chi connectivity index (χ0) is 14.9. The molecular weight excluding hydrogens is 320 g/mol. The number of rotatable bonds is 2. The first-order valence-corrected chi connectivity index (χ1v) is 7.10. The Morgan fingerprint density at radius 3 is 2.60 bits per heavy atom. The van der Waals surface area contributed by atoms with Gasteiger partial charge in [-0.25, -0.2) is 4.98 Å². The van der Waals surface area contributed by atoms with Crippen molar-refractivity contribution in [3.63, 3.8) is 0 Å². The van der Waals surface area contributed by atoms with E-state index in [2.05, 4.69) is 20.9 Å². The quantitative estimate of drug-likeness (QED) is 0.836. The van der Waals surface area contributed by atoms with E-state index < -0.39 is 0 Å². The van der Waals surface area contributed by atoms with Crippen molar-refractivity contribution in [2.24, 2.45) is 0 Å². The van der Waals surface area contributed by atoms with Crippen LogP contribution in [0.15, 0.2) is 39.9 Å². The minimum atomic E-state index is -0.312. The molecule has 0 radical (unpaired) electrons. The second-order valence-corrected chi connectivity index (χ2v) is 6.45. The lowest BCUT2D eigenvalue weighted by Crippen LogP contribution is -2.34. The predicted molar refractivity (Wildman–Crippen MR) is 82.4 cm³/mol. The predicted octanol–water partition coefficient (Wildman–Crippen LogP) is 3.86. The molecule has 0 spiro atoms. The van der Waals surface area contributed by atoms with Gasteiger partial charge in [0, 0.05) is 22.4 Å². The number of hydrogen-bond acceptors (Lipinski definition) is 3. The van der Waals surface area contributed by atoms with Crippen molar-refractivity contribution in [2.75, 3.05) is 0 Å². The van der Waals surface area contributed by atoms with Crippen LogP contribution in [0.4, 0.5) is 0 Å². The number of hydrogen-bond donors (Lipinski definition) is 0. The van der Waals surface area contributed by atoms with Crippen LogP contribution in [0.25, 0.3) is 0 Å². The van der Waals surface area contributed by atoms with Gasteiger partial charge in [-0.3, -0.25) is 4.79 Å². The van der Waals surface area contributed by atoms with Crippen LogP contribution in [-0.2, 0) is 5.54 Å². The molecule has 2 rings (SSSR count). The number of ether oxygens (including phenoxy) is 1. The van der Waals surface area contributed by atoms with Crippen LogP contribution in [0.5, 0.6) is 11.6 Å². The zero-order valence-electron chi connectivity index (χ0n) is 12.0. The molecule has 5 heteroatoms. The van der Waals surface area contributed by atoms with Crippen LogP contribution >= 0.6 is 15.9 Å². The van der Waals surface area contributed by atoms with Crippen molar-refractivity contribution in [1.82, 2.24) is 9.55 Å². The van der Waals surface area contributed by atoms with Gasteiger partial charge in [0.05, 0.1) is 0 Å². The zero-order valence-corrected chi connectivity index (χ0v) is 13.6. The average molecular weight is 337 g/mol. The topological polar surface area (TPSA) is 44.1 Å². The molecule has 0 amide bonds. The summed E-state index contributed by atoms with van der Waals surface area (Å²) in [4.78, 5) is 16.4. The maximum atomic E-state index is 12.3. The summed E-state index contributed by atoms with van der Waals surface area (Å²) < 4.78 is 8.23.